The van der Waals surface area contributed by atoms with E-state index in [4.69, 9.17) is 12.3 Å². The smallest absolute Gasteiger partial charge is 0.0554 e. The molecule has 0 aliphatic carbocycles. The topological polar surface area (TPSA) is 38.0 Å². The number of hydrogen-bond acceptors (Lipinski definition) is 4. The normalized spacial score (nSPS) is 12.8. The van der Waals surface area contributed by atoms with Gasteiger partial charge in [-0.05, 0) is 30.4 Å². The molecule has 3 N–H and O–H groups in total. The number of terminal acetylenes is 1. The summed E-state index contributed by atoms with van der Waals surface area (Å²) >= 11 is 3.58. The van der Waals surface area contributed by atoms with Crippen LogP contribution in [0.3, 0.4) is 0 Å². The summed E-state index contributed by atoms with van der Waals surface area (Å²) in [7, 11) is 0. The molecule has 2 aromatic heterocycles. The van der Waals surface area contributed by atoms with Crippen molar-refractivity contribution in [3.63, 3.8) is 0 Å². The molecule has 1 atom stereocenters. The molecule has 16 heavy (non-hydrogen) atoms. The summed E-state index contributed by atoms with van der Waals surface area (Å²) in [4.78, 5) is 1.31. The predicted molar refractivity (Wildman–Crippen MR) is 72.5 cm³/mol. The number of thiophene rings is 2. The molecule has 0 saturated heterocycles. The first kappa shape index (κ1) is 11.6. The summed E-state index contributed by atoms with van der Waals surface area (Å²) in [5.74, 6) is 8.24. The molecule has 0 aromatic carbocycles. The maximum absolute atomic E-state index is 5.59. The van der Waals surface area contributed by atoms with Crippen molar-refractivity contribution < 1.29 is 0 Å². The second-order valence-electron chi connectivity index (χ2n) is 3.61. The molecule has 0 fully saturated rings. The van der Waals surface area contributed by atoms with Crippen LogP contribution in [-0.4, -0.2) is 0 Å². The first-order valence-corrected chi connectivity index (χ1v) is 6.91. The van der Waals surface area contributed by atoms with Crippen LogP contribution < -0.4 is 11.3 Å². The van der Waals surface area contributed by atoms with Crippen LogP contribution in [0.2, 0.25) is 0 Å². The van der Waals surface area contributed by atoms with Gasteiger partial charge in [0.1, 0.15) is 0 Å². The van der Waals surface area contributed by atoms with Crippen LogP contribution in [0.15, 0.2) is 17.5 Å². The van der Waals surface area contributed by atoms with Gasteiger partial charge < -0.3 is 0 Å². The van der Waals surface area contributed by atoms with E-state index in [1.165, 1.54) is 14.3 Å². The molecular weight excluding hydrogens is 236 g/mol. The van der Waals surface area contributed by atoms with Crippen LogP contribution in [0.25, 0.3) is 9.40 Å². The highest BCUT2D eigenvalue weighted by Crippen LogP contribution is 2.34. The number of hydrazine groups is 1. The van der Waals surface area contributed by atoms with Gasteiger partial charge in [0.15, 0.2) is 0 Å². The monoisotopic (exact) mass is 250 g/mol. The van der Waals surface area contributed by atoms with Gasteiger partial charge in [-0.1, -0.05) is 0 Å². The molecule has 1 unspecified atom stereocenters. The van der Waals surface area contributed by atoms with Gasteiger partial charge in [-0.2, -0.15) is 0 Å². The Labute approximate surface area is 103 Å². The van der Waals surface area contributed by atoms with Crippen molar-refractivity contribution in [3.8, 4) is 12.3 Å². The lowest BCUT2D eigenvalue weighted by Gasteiger charge is -2.12. The van der Waals surface area contributed by atoms with E-state index in [2.05, 4.69) is 28.9 Å². The fourth-order valence-corrected chi connectivity index (χ4v) is 3.89. The first-order chi connectivity index (χ1) is 7.85. The summed E-state index contributed by atoms with van der Waals surface area (Å²) < 4.78 is 2.69. The maximum atomic E-state index is 5.59. The number of fused-ring (bicyclic) bond motifs is 1. The molecule has 2 aromatic rings. The molecule has 0 radical (unpaired) electrons. The highest BCUT2D eigenvalue weighted by atomic mass is 32.1. The van der Waals surface area contributed by atoms with Crippen LogP contribution in [0.5, 0.6) is 0 Å². The summed E-state index contributed by atoms with van der Waals surface area (Å²) in [6.07, 6.45) is 8.06. The highest BCUT2D eigenvalue weighted by Gasteiger charge is 2.12. The number of hydrogen-bond donors (Lipinski definition) is 2. The third-order valence-electron chi connectivity index (χ3n) is 2.52. The van der Waals surface area contributed by atoms with E-state index in [0.29, 0.717) is 0 Å². The molecule has 0 aliphatic heterocycles. The zero-order valence-electron chi connectivity index (χ0n) is 8.90. The summed E-state index contributed by atoms with van der Waals surface area (Å²) in [6, 6.07) is 4.62. The quantitative estimate of drug-likeness (QED) is 0.370. The van der Waals surface area contributed by atoms with Crippen molar-refractivity contribution in [1.29, 1.82) is 0 Å². The Bertz CT molecular complexity index is 464. The molecule has 2 rings (SSSR count). The molecule has 0 aliphatic rings. The fraction of sp³-hybridized carbons (Fsp3) is 0.333. The minimum Gasteiger partial charge on any atom is -0.271 e. The van der Waals surface area contributed by atoms with E-state index in [-0.39, 0.29) is 6.04 Å². The van der Waals surface area contributed by atoms with Crippen molar-refractivity contribution in [3.05, 3.63) is 22.4 Å². The highest BCUT2D eigenvalue weighted by molar-refractivity contribution is 7.26. The lowest BCUT2D eigenvalue weighted by atomic mass is 10.1. The standard InChI is InChI=1S/C12H14N2S2/c1-2-3-4-5-9(14-13)11-8-12-10(16-11)6-7-15-12/h1,6-9,14H,3-5,13H2. The Morgan fingerprint density at radius 2 is 2.38 bits per heavy atom. The van der Waals surface area contributed by atoms with E-state index >= 15 is 0 Å². The number of rotatable bonds is 5. The summed E-state index contributed by atoms with van der Waals surface area (Å²) in [6.45, 7) is 0. The molecule has 2 heterocycles. The molecule has 0 bridgehead atoms. The van der Waals surface area contributed by atoms with Gasteiger partial charge in [0.2, 0.25) is 0 Å². The Kier molecular flexibility index (Phi) is 3.97. The SMILES string of the molecule is C#CCCCC(NN)c1cc2sccc2s1. The molecule has 4 heteroatoms. The third-order valence-corrected chi connectivity index (χ3v) is 4.72. The Morgan fingerprint density at radius 3 is 3.06 bits per heavy atom. The van der Waals surface area contributed by atoms with E-state index < -0.39 is 0 Å². The van der Waals surface area contributed by atoms with Gasteiger partial charge in [0, 0.05) is 20.7 Å². The van der Waals surface area contributed by atoms with Gasteiger partial charge in [-0.3, -0.25) is 11.3 Å². The van der Waals surface area contributed by atoms with Gasteiger partial charge in [-0.25, -0.2) is 0 Å². The molecule has 2 nitrogen and oxygen atoms in total. The van der Waals surface area contributed by atoms with Crippen molar-refractivity contribution in [1.82, 2.24) is 5.43 Å². The van der Waals surface area contributed by atoms with Crippen LogP contribution in [-0.2, 0) is 0 Å². The fourth-order valence-electron chi connectivity index (χ4n) is 1.67. The zero-order valence-corrected chi connectivity index (χ0v) is 10.5. The summed E-state index contributed by atoms with van der Waals surface area (Å²) in [5.41, 5.74) is 2.87. The van der Waals surface area contributed by atoms with Crippen molar-refractivity contribution in [2.24, 2.45) is 5.84 Å². The number of unbranched alkanes of at least 4 members (excludes halogenated alkanes) is 1. The largest absolute Gasteiger partial charge is 0.271 e. The van der Waals surface area contributed by atoms with Gasteiger partial charge in [-0.15, -0.1) is 35.0 Å². The van der Waals surface area contributed by atoms with Gasteiger partial charge >= 0.3 is 0 Å². The van der Waals surface area contributed by atoms with Gasteiger partial charge in [0.25, 0.3) is 0 Å². The minimum atomic E-state index is 0.234. The average molecular weight is 250 g/mol. The second-order valence-corrected chi connectivity index (χ2v) is 5.68. The number of nitrogens with two attached hydrogens (primary N) is 1. The predicted octanol–water partition coefficient (Wildman–Crippen LogP) is 3.27. The Hall–Kier alpha value is -0.860. The maximum Gasteiger partial charge on any atom is 0.0554 e. The lowest BCUT2D eigenvalue weighted by Crippen LogP contribution is -2.27. The van der Waals surface area contributed by atoms with Crippen LogP contribution >= 0.6 is 22.7 Å². The van der Waals surface area contributed by atoms with E-state index in [1.54, 1.807) is 11.3 Å². The average Bonchev–Trinajstić information content (AvgIpc) is 2.84. The molecule has 84 valence electrons. The lowest BCUT2D eigenvalue weighted by molar-refractivity contribution is 0.510. The second kappa shape index (κ2) is 5.46. The summed E-state index contributed by atoms with van der Waals surface area (Å²) in [5, 5.41) is 2.12. The number of nitrogens with one attached hydrogen (secondary N) is 1. The van der Waals surface area contributed by atoms with Crippen LogP contribution in [0.1, 0.15) is 30.2 Å². The first-order valence-electron chi connectivity index (χ1n) is 5.21. The van der Waals surface area contributed by atoms with E-state index in [0.717, 1.165) is 19.3 Å². The molecular formula is C12H14N2S2. The van der Waals surface area contributed by atoms with Crippen molar-refractivity contribution >= 4 is 32.1 Å². The van der Waals surface area contributed by atoms with Crippen molar-refractivity contribution in [2.45, 2.75) is 25.3 Å². The van der Waals surface area contributed by atoms with Crippen molar-refractivity contribution in [2.75, 3.05) is 0 Å². The van der Waals surface area contributed by atoms with Crippen LogP contribution in [0.4, 0.5) is 0 Å². The Morgan fingerprint density at radius 1 is 1.50 bits per heavy atom. The molecule has 0 spiro atoms. The Balaban J connectivity index is 2.09. The van der Waals surface area contributed by atoms with Gasteiger partial charge in [0.05, 0.1) is 6.04 Å². The van der Waals surface area contributed by atoms with E-state index in [1.807, 2.05) is 11.3 Å². The zero-order chi connectivity index (χ0) is 11.4. The van der Waals surface area contributed by atoms with Crippen LogP contribution in [0, 0.1) is 12.3 Å². The third kappa shape index (κ3) is 2.45. The minimum absolute atomic E-state index is 0.234. The molecule has 0 saturated carbocycles. The van der Waals surface area contributed by atoms with E-state index in [9.17, 15) is 0 Å². The molecule has 0 amide bonds.